The molecule has 23 heavy (non-hydrogen) atoms. The van der Waals surface area contributed by atoms with Crippen molar-refractivity contribution < 1.29 is 9.18 Å². The molecule has 1 aromatic carbocycles. The van der Waals surface area contributed by atoms with E-state index in [0.29, 0.717) is 4.88 Å². The van der Waals surface area contributed by atoms with Gasteiger partial charge in [-0.3, -0.25) is 4.79 Å². The Kier molecular flexibility index (Phi) is 4.86. The predicted octanol–water partition coefficient (Wildman–Crippen LogP) is 4.85. The van der Waals surface area contributed by atoms with E-state index >= 15 is 0 Å². The summed E-state index contributed by atoms with van der Waals surface area (Å²) in [6.45, 7) is 2.25. The Balaban J connectivity index is 1.64. The topological polar surface area (TPSA) is 41.5 Å². The highest BCUT2D eigenvalue weighted by atomic mass is 32.1. The Hall–Kier alpha value is -2.01. The third-order valence-corrected chi connectivity index (χ3v) is 5.26. The van der Waals surface area contributed by atoms with Crippen LogP contribution in [0.2, 0.25) is 0 Å². The highest BCUT2D eigenvalue weighted by Crippen LogP contribution is 2.28. The van der Waals surface area contributed by atoms with Gasteiger partial charge in [0, 0.05) is 10.6 Å². The third-order valence-electron chi connectivity index (χ3n) is 4.13. The standard InChI is InChI=1S/C18H19FN2OS/c1-12-2-8-15(9-3-12)20-21-18(22)17-11-10-16(23-17)13-4-6-14(19)7-5-13/h4-7,10-12H,2-3,8-9H2,1H3,(H,21,22). The number of hydrogen-bond donors (Lipinski definition) is 1. The van der Waals surface area contributed by atoms with E-state index < -0.39 is 0 Å². The lowest BCUT2D eigenvalue weighted by Crippen LogP contribution is -2.21. The van der Waals surface area contributed by atoms with Crippen molar-refractivity contribution in [1.82, 2.24) is 5.43 Å². The average molecular weight is 330 g/mol. The molecule has 3 rings (SSSR count). The fraction of sp³-hybridized carbons (Fsp3) is 0.333. The van der Waals surface area contributed by atoms with E-state index in [-0.39, 0.29) is 11.7 Å². The van der Waals surface area contributed by atoms with E-state index in [1.165, 1.54) is 23.5 Å². The number of thiophene rings is 1. The maximum atomic E-state index is 13.0. The van der Waals surface area contributed by atoms with Crippen LogP contribution in [-0.2, 0) is 0 Å². The first-order valence-corrected chi connectivity index (χ1v) is 8.65. The van der Waals surface area contributed by atoms with Crippen LogP contribution in [0.3, 0.4) is 0 Å². The summed E-state index contributed by atoms with van der Waals surface area (Å²) < 4.78 is 13.0. The van der Waals surface area contributed by atoms with E-state index in [1.807, 2.05) is 6.07 Å². The monoisotopic (exact) mass is 330 g/mol. The van der Waals surface area contributed by atoms with Gasteiger partial charge in [-0.05, 0) is 61.4 Å². The minimum Gasteiger partial charge on any atom is -0.266 e. The second-order valence-electron chi connectivity index (χ2n) is 5.97. The second kappa shape index (κ2) is 7.04. The number of hydrazone groups is 1. The average Bonchev–Trinajstić information content (AvgIpc) is 3.05. The fourth-order valence-electron chi connectivity index (χ4n) is 2.62. The largest absolute Gasteiger partial charge is 0.281 e. The Morgan fingerprint density at radius 1 is 1.17 bits per heavy atom. The zero-order valence-corrected chi connectivity index (χ0v) is 13.8. The van der Waals surface area contributed by atoms with Gasteiger partial charge in [0.1, 0.15) is 5.82 Å². The normalized spacial score (nSPS) is 17.8. The van der Waals surface area contributed by atoms with Crippen molar-refractivity contribution in [2.24, 2.45) is 11.0 Å². The molecule has 3 nitrogen and oxygen atoms in total. The molecule has 5 heteroatoms. The first-order chi connectivity index (χ1) is 11.1. The second-order valence-corrected chi connectivity index (χ2v) is 7.06. The van der Waals surface area contributed by atoms with E-state index in [1.54, 1.807) is 18.2 Å². The van der Waals surface area contributed by atoms with E-state index in [4.69, 9.17) is 0 Å². The summed E-state index contributed by atoms with van der Waals surface area (Å²) in [6.07, 6.45) is 4.21. The Bertz CT molecular complexity index is 711. The van der Waals surface area contributed by atoms with Gasteiger partial charge in [0.15, 0.2) is 0 Å². The molecule has 0 aliphatic heterocycles. The summed E-state index contributed by atoms with van der Waals surface area (Å²) in [5, 5.41) is 4.26. The van der Waals surface area contributed by atoms with Crippen LogP contribution in [0.15, 0.2) is 41.5 Å². The van der Waals surface area contributed by atoms with Crippen LogP contribution in [0.4, 0.5) is 4.39 Å². The highest BCUT2D eigenvalue weighted by Gasteiger charge is 2.15. The lowest BCUT2D eigenvalue weighted by atomic mass is 9.90. The van der Waals surface area contributed by atoms with Gasteiger partial charge in [-0.15, -0.1) is 11.3 Å². The van der Waals surface area contributed by atoms with Crippen molar-refractivity contribution in [3.05, 3.63) is 47.1 Å². The molecule has 1 saturated carbocycles. The van der Waals surface area contributed by atoms with Crippen LogP contribution in [-0.4, -0.2) is 11.6 Å². The number of halogens is 1. The summed E-state index contributed by atoms with van der Waals surface area (Å²) in [6, 6.07) is 9.93. The zero-order valence-electron chi connectivity index (χ0n) is 13.0. The van der Waals surface area contributed by atoms with E-state index in [2.05, 4.69) is 17.5 Å². The number of nitrogens with zero attached hydrogens (tertiary/aromatic N) is 1. The van der Waals surface area contributed by atoms with Gasteiger partial charge in [-0.1, -0.05) is 19.1 Å². The first-order valence-electron chi connectivity index (χ1n) is 7.83. The molecule has 1 fully saturated rings. The van der Waals surface area contributed by atoms with Crippen LogP contribution in [0.25, 0.3) is 10.4 Å². The van der Waals surface area contributed by atoms with Gasteiger partial charge in [-0.2, -0.15) is 5.10 Å². The number of hydrogen-bond acceptors (Lipinski definition) is 3. The molecule has 120 valence electrons. The number of carbonyl (C=O) groups is 1. The maximum absolute atomic E-state index is 13.0. The highest BCUT2D eigenvalue weighted by molar-refractivity contribution is 7.17. The third kappa shape index (κ3) is 4.05. The van der Waals surface area contributed by atoms with Crippen LogP contribution in [0.1, 0.15) is 42.3 Å². The SMILES string of the molecule is CC1CCC(=NNC(=O)c2ccc(-c3ccc(F)cc3)s2)CC1. The molecular weight excluding hydrogens is 311 g/mol. The van der Waals surface area contributed by atoms with Crippen molar-refractivity contribution in [1.29, 1.82) is 0 Å². The molecule has 2 aromatic rings. The molecular formula is C18H19FN2OS. The van der Waals surface area contributed by atoms with Gasteiger partial charge < -0.3 is 0 Å². The molecule has 1 amide bonds. The van der Waals surface area contributed by atoms with Crippen molar-refractivity contribution in [2.45, 2.75) is 32.6 Å². The molecule has 0 radical (unpaired) electrons. The quantitative estimate of drug-likeness (QED) is 0.803. The summed E-state index contributed by atoms with van der Waals surface area (Å²) in [4.78, 5) is 13.7. The summed E-state index contributed by atoms with van der Waals surface area (Å²) in [7, 11) is 0. The van der Waals surface area contributed by atoms with E-state index in [9.17, 15) is 9.18 Å². The Morgan fingerprint density at radius 3 is 2.57 bits per heavy atom. The molecule has 0 spiro atoms. The summed E-state index contributed by atoms with van der Waals surface area (Å²) >= 11 is 1.38. The fourth-order valence-corrected chi connectivity index (χ4v) is 3.52. The van der Waals surface area contributed by atoms with Crippen molar-refractivity contribution >= 4 is 23.0 Å². The van der Waals surface area contributed by atoms with Gasteiger partial charge in [0.2, 0.25) is 0 Å². The number of benzene rings is 1. The van der Waals surface area contributed by atoms with Gasteiger partial charge >= 0.3 is 0 Å². The van der Waals surface area contributed by atoms with Crippen LogP contribution in [0.5, 0.6) is 0 Å². The van der Waals surface area contributed by atoms with Crippen LogP contribution in [0, 0.1) is 11.7 Å². The minimum absolute atomic E-state index is 0.186. The maximum Gasteiger partial charge on any atom is 0.281 e. The molecule has 1 aromatic heterocycles. The molecule has 0 unspecified atom stereocenters. The van der Waals surface area contributed by atoms with Crippen molar-refractivity contribution in [3.8, 4) is 10.4 Å². The molecule has 1 heterocycles. The smallest absolute Gasteiger partial charge is 0.266 e. The lowest BCUT2D eigenvalue weighted by molar-refractivity contribution is 0.0958. The van der Waals surface area contributed by atoms with Gasteiger partial charge in [0.05, 0.1) is 4.88 Å². The summed E-state index contributed by atoms with van der Waals surface area (Å²) in [5.41, 5.74) is 4.64. The van der Waals surface area contributed by atoms with Crippen LogP contribution < -0.4 is 5.43 Å². The van der Waals surface area contributed by atoms with E-state index in [0.717, 1.165) is 47.8 Å². The number of nitrogens with one attached hydrogen (secondary N) is 1. The molecule has 1 aliphatic rings. The van der Waals surface area contributed by atoms with Crippen molar-refractivity contribution in [3.63, 3.8) is 0 Å². The molecule has 0 atom stereocenters. The number of carbonyl (C=O) groups excluding carboxylic acids is 1. The molecule has 0 bridgehead atoms. The first kappa shape index (κ1) is 15.9. The molecule has 0 saturated heterocycles. The van der Waals surface area contributed by atoms with Gasteiger partial charge in [0.25, 0.3) is 5.91 Å². The Labute approximate surface area is 139 Å². The van der Waals surface area contributed by atoms with Crippen LogP contribution >= 0.6 is 11.3 Å². The molecule has 1 aliphatic carbocycles. The molecule has 1 N–H and O–H groups in total. The summed E-state index contributed by atoms with van der Waals surface area (Å²) in [5.74, 6) is 0.301. The van der Waals surface area contributed by atoms with Crippen molar-refractivity contribution in [2.75, 3.05) is 0 Å². The number of rotatable bonds is 3. The predicted molar refractivity (Wildman–Crippen MR) is 92.2 cm³/mol. The minimum atomic E-state index is -0.263. The number of amides is 1. The lowest BCUT2D eigenvalue weighted by Gasteiger charge is -2.18. The van der Waals surface area contributed by atoms with Gasteiger partial charge in [-0.25, -0.2) is 9.82 Å². The zero-order chi connectivity index (χ0) is 16.2. The Morgan fingerprint density at radius 2 is 1.87 bits per heavy atom.